The highest BCUT2D eigenvalue weighted by Crippen LogP contribution is 2.22. The molecule has 0 fully saturated rings. The normalized spacial score (nSPS) is 10.2. The first kappa shape index (κ1) is 10.6. The van der Waals surface area contributed by atoms with Crippen molar-refractivity contribution in [2.45, 2.75) is 12.8 Å². The lowest BCUT2D eigenvalue weighted by Gasteiger charge is -2.04. The van der Waals surface area contributed by atoms with Crippen molar-refractivity contribution in [3.8, 4) is 0 Å². The highest BCUT2D eigenvalue weighted by atomic mass is 127. The molecular weight excluding hydrogens is 306 g/mol. The Morgan fingerprint density at radius 1 is 1.33 bits per heavy atom. The minimum absolute atomic E-state index is 0.696. The van der Waals surface area contributed by atoms with Crippen molar-refractivity contribution in [3.63, 3.8) is 0 Å². The van der Waals surface area contributed by atoms with E-state index in [0.717, 1.165) is 17.9 Å². The van der Waals surface area contributed by atoms with Gasteiger partial charge >= 0.3 is 0 Å². The monoisotopic (exact) mass is 314 g/mol. The second kappa shape index (κ2) is 5.30. The largest absolute Gasteiger partial charge is 0.127 e. The van der Waals surface area contributed by atoms with Crippen LogP contribution in [-0.4, -0.2) is 5.88 Å². The van der Waals surface area contributed by atoms with Crippen molar-refractivity contribution >= 4 is 45.8 Å². The van der Waals surface area contributed by atoms with Gasteiger partial charge < -0.3 is 0 Å². The zero-order chi connectivity index (χ0) is 8.97. The molecule has 12 heavy (non-hydrogen) atoms. The Kier molecular flexibility index (Phi) is 4.69. The number of alkyl halides is 1. The molecule has 0 nitrogen and oxygen atoms in total. The highest BCUT2D eigenvalue weighted by Gasteiger charge is 2.03. The van der Waals surface area contributed by atoms with Crippen molar-refractivity contribution in [1.29, 1.82) is 0 Å². The van der Waals surface area contributed by atoms with Crippen molar-refractivity contribution in [2.24, 2.45) is 0 Å². The predicted octanol–water partition coefficient (Wildman–Crippen LogP) is 4.12. The second-order valence-electron chi connectivity index (χ2n) is 2.49. The fourth-order valence-electron chi connectivity index (χ4n) is 1.01. The number of rotatable bonds is 3. The van der Waals surface area contributed by atoms with Gasteiger partial charge in [0.15, 0.2) is 0 Å². The molecule has 1 rings (SSSR count). The fraction of sp³-hybridized carbons (Fsp3) is 0.333. The molecule has 0 aliphatic heterocycles. The molecule has 0 heterocycles. The Morgan fingerprint density at radius 3 is 2.67 bits per heavy atom. The van der Waals surface area contributed by atoms with Crippen LogP contribution in [0, 0.1) is 3.57 Å². The molecule has 0 aliphatic carbocycles. The maximum atomic E-state index is 6.02. The molecule has 0 saturated carbocycles. The number of hydrogen-bond acceptors (Lipinski definition) is 0. The molecule has 0 amide bonds. The zero-order valence-corrected chi connectivity index (χ0v) is 10.2. The van der Waals surface area contributed by atoms with E-state index >= 15 is 0 Å². The SMILES string of the molecule is ClCCCc1c(Cl)cccc1I. The molecule has 0 atom stereocenters. The Hall–Kier alpha value is 0.530. The third kappa shape index (κ3) is 2.79. The maximum absolute atomic E-state index is 6.02. The molecule has 66 valence electrons. The molecule has 0 spiro atoms. The van der Waals surface area contributed by atoms with E-state index in [0.29, 0.717) is 5.88 Å². The first-order chi connectivity index (χ1) is 5.75. The molecule has 1 aromatic carbocycles. The van der Waals surface area contributed by atoms with Crippen molar-refractivity contribution in [1.82, 2.24) is 0 Å². The van der Waals surface area contributed by atoms with Crippen LogP contribution in [0.4, 0.5) is 0 Å². The first-order valence-corrected chi connectivity index (χ1v) is 5.73. The third-order valence-corrected chi connectivity index (χ3v) is 3.25. The molecule has 0 aromatic heterocycles. The smallest absolute Gasteiger partial charge is 0.0448 e. The summed E-state index contributed by atoms with van der Waals surface area (Å²) in [6.45, 7) is 0. The summed E-state index contributed by atoms with van der Waals surface area (Å²) in [5.41, 5.74) is 1.22. The topological polar surface area (TPSA) is 0 Å². The summed E-state index contributed by atoms with van der Waals surface area (Å²) in [4.78, 5) is 0. The van der Waals surface area contributed by atoms with Crippen LogP contribution >= 0.6 is 45.8 Å². The second-order valence-corrected chi connectivity index (χ2v) is 4.44. The Labute approximate surface area is 96.4 Å². The Morgan fingerprint density at radius 2 is 2.08 bits per heavy atom. The molecule has 0 N–H and O–H groups in total. The molecule has 0 saturated heterocycles. The van der Waals surface area contributed by atoms with E-state index in [4.69, 9.17) is 23.2 Å². The van der Waals surface area contributed by atoms with Crippen LogP contribution in [-0.2, 0) is 6.42 Å². The van der Waals surface area contributed by atoms with Crippen molar-refractivity contribution in [2.75, 3.05) is 5.88 Å². The van der Waals surface area contributed by atoms with Gasteiger partial charge in [0.05, 0.1) is 0 Å². The van der Waals surface area contributed by atoms with E-state index in [2.05, 4.69) is 28.7 Å². The van der Waals surface area contributed by atoms with Crippen LogP contribution < -0.4 is 0 Å². The van der Waals surface area contributed by atoms with E-state index in [1.165, 1.54) is 9.13 Å². The number of halogens is 3. The van der Waals surface area contributed by atoms with Crippen molar-refractivity contribution in [3.05, 3.63) is 32.4 Å². The van der Waals surface area contributed by atoms with E-state index in [1.807, 2.05) is 12.1 Å². The van der Waals surface area contributed by atoms with Crippen LogP contribution in [0.25, 0.3) is 0 Å². The van der Waals surface area contributed by atoms with Gasteiger partial charge in [0, 0.05) is 14.5 Å². The molecule has 0 radical (unpaired) electrons. The highest BCUT2D eigenvalue weighted by molar-refractivity contribution is 14.1. The summed E-state index contributed by atoms with van der Waals surface area (Å²) in [6, 6.07) is 5.96. The average molecular weight is 315 g/mol. The molecule has 3 heteroatoms. The molecule has 0 aliphatic rings. The van der Waals surface area contributed by atoms with Gasteiger partial charge in [0.1, 0.15) is 0 Å². The summed E-state index contributed by atoms with van der Waals surface area (Å²) in [5.74, 6) is 0.696. The fourth-order valence-corrected chi connectivity index (χ4v) is 2.34. The van der Waals surface area contributed by atoms with Gasteiger partial charge in [-0.3, -0.25) is 0 Å². The zero-order valence-electron chi connectivity index (χ0n) is 6.49. The molecular formula is C9H9Cl2I. The minimum atomic E-state index is 0.696. The Balaban J connectivity index is 2.81. The van der Waals surface area contributed by atoms with Crippen LogP contribution in [0.2, 0.25) is 5.02 Å². The summed E-state index contributed by atoms with van der Waals surface area (Å²) >= 11 is 13.9. The standard InChI is InChI=1S/C9H9Cl2I/c10-6-2-3-7-8(11)4-1-5-9(7)12/h1,4-5H,2-3,6H2. The van der Waals surface area contributed by atoms with Crippen LogP contribution in [0.3, 0.4) is 0 Å². The van der Waals surface area contributed by atoms with Gasteiger partial charge in [0.25, 0.3) is 0 Å². The maximum Gasteiger partial charge on any atom is 0.0448 e. The van der Waals surface area contributed by atoms with Gasteiger partial charge in [-0.15, -0.1) is 11.6 Å². The van der Waals surface area contributed by atoms with E-state index in [9.17, 15) is 0 Å². The first-order valence-electron chi connectivity index (χ1n) is 3.74. The molecule has 1 aromatic rings. The van der Waals surface area contributed by atoms with E-state index < -0.39 is 0 Å². The van der Waals surface area contributed by atoms with Gasteiger partial charge in [-0.1, -0.05) is 17.7 Å². The summed E-state index contributed by atoms with van der Waals surface area (Å²) in [6.07, 6.45) is 1.96. The lowest BCUT2D eigenvalue weighted by Crippen LogP contribution is -1.91. The van der Waals surface area contributed by atoms with Crippen molar-refractivity contribution < 1.29 is 0 Å². The predicted molar refractivity (Wildman–Crippen MR) is 63.2 cm³/mol. The van der Waals surface area contributed by atoms with E-state index in [-0.39, 0.29) is 0 Å². The minimum Gasteiger partial charge on any atom is -0.127 e. The van der Waals surface area contributed by atoms with Crippen LogP contribution in [0.1, 0.15) is 12.0 Å². The number of hydrogen-bond donors (Lipinski definition) is 0. The summed E-state index contributed by atoms with van der Waals surface area (Å²) < 4.78 is 1.23. The summed E-state index contributed by atoms with van der Waals surface area (Å²) in [5, 5.41) is 0.854. The lowest BCUT2D eigenvalue weighted by atomic mass is 10.1. The number of benzene rings is 1. The van der Waals surface area contributed by atoms with Gasteiger partial charge in [-0.25, -0.2) is 0 Å². The molecule has 0 unspecified atom stereocenters. The Bertz CT molecular complexity index is 240. The quantitative estimate of drug-likeness (QED) is 0.581. The van der Waals surface area contributed by atoms with Gasteiger partial charge in [-0.05, 0) is 53.1 Å². The average Bonchev–Trinajstić information content (AvgIpc) is 2.04. The van der Waals surface area contributed by atoms with Crippen LogP contribution in [0.15, 0.2) is 18.2 Å². The lowest BCUT2D eigenvalue weighted by molar-refractivity contribution is 0.923. The van der Waals surface area contributed by atoms with Gasteiger partial charge in [0.2, 0.25) is 0 Å². The van der Waals surface area contributed by atoms with E-state index in [1.54, 1.807) is 0 Å². The van der Waals surface area contributed by atoms with Gasteiger partial charge in [-0.2, -0.15) is 0 Å². The van der Waals surface area contributed by atoms with Crippen LogP contribution in [0.5, 0.6) is 0 Å². The third-order valence-electron chi connectivity index (χ3n) is 1.62. The summed E-state index contributed by atoms with van der Waals surface area (Å²) in [7, 11) is 0. The molecule has 0 bridgehead atoms.